The second-order valence-electron chi connectivity index (χ2n) is 6.55. The monoisotopic (exact) mass is 464 g/mol. The van der Waals surface area contributed by atoms with Crippen LogP contribution in [0.2, 0.25) is 10.0 Å². The van der Waals surface area contributed by atoms with E-state index in [2.05, 4.69) is 15.7 Å². The van der Waals surface area contributed by atoms with Crippen molar-refractivity contribution < 1.29 is 9.47 Å². The Balaban J connectivity index is 1.78. The molecule has 0 aliphatic heterocycles. The molecular formula is C21H22Cl2N4O2S. The standard InChI is InChI=1S/C21H22Cl2N4O2S/c1-12-20(13(2)27(26-12)11-15-16(22)6-5-7-17(15)23)25-21(30)24-18-9-8-14(28-3)10-19(18)29-4/h5-10H,11H2,1-4H3,(H2,24,25,30). The third-order valence-corrected chi connectivity index (χ3v) is 5.56. The first-order valence-corrected chi connectivity index (χ1v) is 10.3. The summed E-state index contributed by atoms with van der Waals surface area (Å²) in [5.41, 5.74) is 4.09. The van der Waals surface area contributed by atoms with Gasteiger partial charge in [0.2, 0.25) is 0 Å². The van der Waals surface area contributed by atoms with Crippen molar-refractivity contribution in [2.75, 3.05) is 24.9 Å². The van der Waals surface area contributed by atoms with Gasteiger partial charge < -0.3 is 20.1 Å². The predicted octanol–water partition coefficient (Wildman–Crippen LogP) is 5.68. The number of halogens is 2. The van der Waals surface area contributed by atoms with Gasteiger partial charge in [-0.25, -0.2) is 0 Å². The third kappa shape index (κ3) is 4.80. The van der Waals surface area contributed by atoms with Crippen LogP contribution in [0.15, 0.2) is 36.4 Å². The summed E-state index contributed by atoms with van der Waals surface area (Å²) < 4.78 is 12.5. The molecule has 158 valence electrons. The van der Waals surface area contributed by atoms with E-state index in [9.17, 15) is 0 Å². The molecule has 2 aromatic carbocycles. The molecule has 0 bridgehead atoms. The van der Waals surface area contributed by atoms with E-state index < -0.39 is 0 Å². The summed E-state index contributed by atoms with van der Waals surface area (Å²) in [6.07, 6.45) is 0. The molecule has 0 aliphatic carbocycles. The number of methoxy groups -OCH3 is 2. The van der Waals surface area contributed by atoms with E-state index in [0.29, 0.717) is 33.2 Å². The lowest BCUT2D eigenvalue weighted by Crippen LogP contribution is -2.20. The van der Waals surface area contributed by atoms with Gasteiger partial charge in [0.15, 0.2) is 5.11 Å². The molecule has 3 aromatic rings. The van der Waals surface area contributed by atoms with Gasteiger partial charge in [-0.2, -0.15) is 5.10 Å². The van der Waals surface area contributed by atoms with E-state index in [4.69, 9.17) is 44.9 Å². The number of nitrogens with zero attached hydrogens (tertiary/aromatic N) is 2. The molecule has 0 fully saturated rings. The Hall–Kier alpha value is -2.48. The second-order valence-corrected chi connectivity index (χ2v) is 7.77. The molecule has 1 heterocycles. The van der Waals surface area contributed by atoms with Crippen LogP contribution in [0.4, 0.5) is 11.4 Å². The Bertz CT molecular complexity index is 1060. The van der Waals surface area contributed by atoms with E-state index in [-0.39, 0.29) is 0 Å². The molecule has 0 unspecified atom stereocenters. The Labute approximate surface area is 191 Å². The zero-order valence-corrected chi connectivity index (χ0v) is 19.4. The highest BCUT2D eigenvalue weighted by atomic mass is 35.5. The Morgan fingerprint density at radius 3 is 2.40 bits per heavy atom. The van der Waals surface area contributed by atoms with Gasteiger partial charge in [-0.3, -0.25) is 4.68 Å². The minimum absolute atomic E-state index is 0.417. The van der Waals surface area contributed by atoms with Crippen LogP contribution in [0.1, 0.15) is 17.0 Å². The fourth-order valence-electron chi connectivity index (χ4n) is 3.03. The maximum absolute atomic E-state index is 6.31. The van der Waals surface area contributed by atoms with Gasteiger partial charge in [-0.1, -0.05) is 29.3 Å². The third-order valence-electron chi connectivity index (χ3n) is 4.65. The summed E-state index contributed by atoms with van der Waals surface area (Å²) in [5, 5.41) is 12.6. The lowest BCUT2D eigenvalue weighted by atomic mass is 10.2. The van der Waals surface area contributed by atoms with Crippen LogP contribution in [-0.4, -0.2) is 29.1 Å². The zero-order valence-electron chi connectivity index (χ0n) is 17.0. The molecule has 30 heavy (non-hydrogen) atoms. The minimum Gasteiger partial charge on any atom is -0.497 e. The number of hydrogen-bond donors (Lipinski definition) is 2. The van der Waals surface area contributed by atoms with Gasteiger partial charge in [0, 0.05) is 21.7 Å². The van der Waals surface area contributed by atoms with E-state index in [1.54, 1.807) is 20.3 Å². The molecular weight excluding hydrogens is 443 g/mol. The number of ether oxygens (including phenoxy) is 2. The first-order chi connectivity index (χ1) is 14.3. The van der Waals surface area contributed by atoms with E-state index in [0.717, 1.165) is 28.3 Å². The highest BCUT2D eigenvalue weighted by Gasteiger charge is 2.16. The Kier molecular flexibility index (Phi) is 7.07. The SMILES string of the molecule is COc1ccc(NC(=S)Nc2c(C)nn(Cc3c(Cl)cccc3Cl)c2C)c(OC)c1. The second kappa shape index (κ2) is 9.55. The van der Waals surface area contributed by atoms with Crippen molar-refractivity contribution in [3.63, 3.8) is 0 Å². The number of aromatic nitrogens is 2. The van der Waals surface area contributed by atoms with Gasteiger partial charge in [-0.05, 0) is 50.3 Å². The summed E-state index contributed by atoms with van der Waals surface area (Å²) in [5.74, 6) is 1.32. The summed E-state index contributed by atoms with van der Waals surface area (Å²) in [6, 6.07) is 10.9. The number of hydrogen-bond acceptors (Lipinski definition) is 4. The van der Waals surface area contributed by atoms with Gasteiger partial charge in [0.1, 0.15) is 11.5 Å². The topological polar surface area (TPSA) is 60.3 Å². The molecule has 0 atom stereocenters. The quantitative estimate of drug-likeness (QED) is 0.457. The molecule has 2 N–H and O–H groups in total. The summed E-state index contributed by atoms with van der Waals surface area (Å²) in [4.78, 5) is 0. The van der Waals surface area contributed by atoms with Crippen molar-refractivity contribution >= 4 is 51.9 Å². The Morgan fingerprint density at radius 2 is 1.77 bits per heavy atom. The van der Waals surface area contributed by atoms with Crippen molar-refractivity contribution in [3.05, 3.63) is 63.4 Å². The molecule has 0 saturated heterocycles. The van der Waals surface area contributed by atoms with Gasteiger partial charge in [0.05, 0.1) is 43.5 Å². The molecule has 0 radical (unpaired) electrons. The molecule has 0 amide bonds. The number of thiocarbonyl (C=S) groups is 1. The molecule has 3 rings (SSSR count). The van der Waals surface area contributed by atoms with Crippen molar-refractivity contribution in [2.24, 2.45) is 0 Å². The maximum atomic E-state index is 6.31. The average Bonchev–Trinajstić information content (AvgIpc) is 2.98. The first-order valence-electron chi connectivity index (χ1n) is 9.11. The summed E-state index contributed by atoms with van der Waals surface area (Å²) in [7, 11) is 3.20. The van der Waals surface area contributed by atoms with Crippen LogP contribution in [0.25, 0.3) is 0 Å². The molecule has 0 aliphatic rings. The molecule has 0 saturated carbocycles. The largest absolute Gasteiger partial charge is 0.497 e. The molecule has 1 aromatic heterocycles. The van der Waals surface area contributed by atoms with Crippen molar-refractivity contribution in [2.45, 2.75) is 20.4 Å². The van der Waals surface area contributed by atoms with Crippen LogP contribution in [0.5, 0.6) is 11.5 Å². The van der Waals surface area contributed by atoms with Crippen LogP contribution in [0.3, 0.4) is 0 Å². The van der Waals surface area contributed by atoms with Crippen LogP contribution in [0, 0.1) is 13.8 Å². The number of aryl methyl sites for hydroxylation is 1. The van der Waals surface area contributed by atoms with E-state index in [1.165, 1.54) is 0 Å². The van der Waals surface area contributed by atoms with E-state index in [1.807, 2.05) is 48.9 Å². The van der Waals surface area contributed by atoms with Crippen LogP contribution >= 0.6 is 35.4 Å². The summed E-state index contributed by atoms with van der Waals surface area (Å²) in [6.45, 7) is 4.33. The first kappa shape index (κ1) is 22.2. The molecule has 9 heteroatoms. The number of rotatable bonds is 6. The number of nitrogens with one attached hydrogen (secondary N) is 2. The highest BCUT2D eigenvalue weighted by Crippen LogP contribution is 2.30. The maximum Gasteiger partial charge on any atom is 0.175 e. The lowest BCUT2D eigenvalue weighted by Gasteiger charge is -2.15. The lowest BCUT2D eigenvalue weighted by molar-refractivity contribution is 0.395. The fourth-order valence-corrected chi connectivity index (χ4v) is 3.76. The number of anilines is 2. The minimum atomic E-state index is 0.417. The molecule has 0 spiro atoms. The zero-order chi connectivity index (χ0) is 21.8. The van der Waals surface area contributed by atoms with E-state index >= 15 is 0 Å². The van der Waals surface area contributed by atoms with Crippen LogP contribution in [-0.2, 0) is 6.54 Å². The average molecular weight is 465 g/mol. The van der Waals surface area contributed by atoms with Gasteiger partial charge >= 0.3 is 0 Å². The predicted molar refractivity (Wildman–Crippen MR) is 127 cm³/mol. The van der Waals surface area contributed by atoms with Gasteiger partial charge in [0.25, 0.3) is 0 Å². The number of benzene rings is 2. The summed E-state index contributed by atoms with van der Waals surface area (Å²) >= 11 is 18.1. The normalized spacial score (nSPS) is 10.6. The van der Waals surface area contributed by atoms with Gasteiger partial charge in [-0.15, -0.1) is 0 Å². The highest BCUT2D eigenvalue weighted by molar-refractivity contribution is 7.80. The Morgan fingerprint density at radius 1 is 1.07 bits per heavy atom. The van der Waals surface area contributed by atoms with Crippen LogP contribution < -0.4 is 20.1 Å². The molecule has 6 nitrogen and oxygen atoms in total. The van der Waals surface area contributed by atoms with Crippen molar-refractivity contribution in [1.82, 2.24) is 9.78 Å². The smallest absolute Gasteiger partial charge is 0.175 e. The van der Waals surface area contributed by atoms with Crippen molar-refractivity contribution in [3.8, 4) is 11.5 Å². The fraction of sp³-hybridized carbons (Fsp3) is 0.238. The van der Waals surface area contributed by atoms with Crippen molar-refractivity contribution in [1.29, 1.82) is 0 Å².